The number of guanidine groups is 1. The number of benzene rings is 1. The zero-order valence-electron chi connectivity index (χ0n) is 17.6. The second kappa shape index (κ2) is 13.5. The number of nitrogens with zero attached hydrogens (tertiary/aromatic N) is 1. The molecule has 1 aromatic rings. The molecule has 0 saturated heterocycles. The monoisotopic (exact) mass is 412 g/mol. The molecule has 0 amide bonds. The smallest absolute Gasteiger partial charge is 0.216 e. The average molecular weight is 413 g/mol. The van der Waals surface area contributed by atoms with E-state index in [1.165, 1.54) is 0 Å². The van der Waals surface area contributed by atoms with Crippen molar-refractivity contribution in [2.75, 3.05) is 26.3 Å². The fourth-order valence-electron chi connectivity index (χ4n) is 2.64. The molecule has 7 nitrogen and oxygen atoms in total. The summed E-state index contributed by atoms with van der Waals surface area (Å²) in [5, 5.41) is 6.54. The summed E-state index contributed by atoms with van der Waals surface area (Å²) in [6, 6.07) is 7.41. The third-order valence-corrected chi connectivity index (χ3v) is 5.36. The second-order valence-electron chi connectivity index (χ2n) is 6.83. The van der Waals surface area contributed by atoms with Crippen LogP contribution in [0.4, 0.5) is 0 Å². The number of nitrogens with one attached hydrogen (secondary N) is 3. The SMILES string of the molecule is CCNC(=NCc1ccccc1CS(=O)(=O)NC(C)C)NCCCCOCC. The van der Waals surface area contributed by atoms with E-state index in [0.29, 0.717) is 6.54 Å². The highest BCUT2D eigenvalue weighted by Crippen LogP contribution is 2.13. The Balaban J connectivity index is 2.70. The van der Waals surface area contributed by atoms with Crippen LogP contribution in [0.5, 0.6) is 0 Å². The quantitative estimate of drug-likeness (QED) is 0.263. The van der Waals surface area contributed by atoms with E-state index in [1.807, 2.05) is 52.0 Å². The van der Waals surface area contributed by atoms with E-state index in [-0.39, 0.29) is 11.8 Å². The molecule has 1 rings (SSSR count). The van der Waals surface area contributed by atoms with Gasteiger partial charge in [0.25, 0.3) is 0 Å². The number of hydrogen-bond donors (Lipinski definition) is 3. The fourth-order valence-corrected chi connectivity index (χ4v) is 4.14. The maximum atomic E-state index is 12.3. The minimum Gasteiger partial charge on any atom is -0.382 e. The predicted octanol–water partition coefficient (Wildman–Crippen LogP) is 2.39. The van der Waals surface area contributed by atoms with E-state index in [1.54, 1.807) is 0 Å². The lowest BCUT2D eigenvalue weighted by atomic mass is 10.1. The number of ether oxygens (including phenoxy) is 1. The highest BCUT2D eigenvalue weighted by molar-refractivity contribution is 7.88. The van der Waals surface area contributed by atoms with Crippen LogP contribution >= 0.6 is 0 Å². The molecular weight excluding hydrogens is 376 g/mol. The van der Waals surface area contributed by atoms with Gasteiger partial charge in [0.1, 0.15) is 0 Å². The van der Waals surface area contributed by atoms with Gasteiger partial charge in [-0.15, -0.1) is 0 Å². The lowest BCUT2D eigenvalue weighted by Gasteiger charge is -2.13. The van der Waals surface area contributed by atoms with Gasteiger partial charge in [0.2, 0.25) is 10.0 Å². The number of rotatable bonds is 13. The zero-order valence-corrected chi connectivity index (χ0v) is 18.4. The van der Waals surface area contributed by atoms with Crippen LogP contribution in [0.3, 0.4) is 0 Å². The molecule has 0 fully saturated rings. The van der Waals surface area contributed by atoms with Crippen LogP contribution in [0.1, 0.15) is 51.7 Å². The molecule has 0 bridgehead atoms. The van der Waals surface area contributed by atoms with E-state index >= 15 is 0 Å². The highest BCUT2D eigenvalue weighted by atomic mass is 32.2. The topological polar surface area (TPSA) is 91.8 Å². The van der Waals surface area contributed by atoms with Gasteiger partial charge in [0.15, 0.2) is 5.96 Å². The summed E-state index contributed by atoms with van der Waals surface area (Å²) >= 11 is 0. The van der Waals surface area contributed by atoms with Crippen molar-refractivity contribution >= 4 is 16.0 Å². The van der Waals surface area contributed by atoms with Gasteiger partial charge in [-0.05, 0) is 51.7 Å². The van der Waals surface area contributed by atoms with Crippen molar-refractivity contribution in [3.05, 3.63) is 35.4 Å². The van der Waals surface area contributed by atoms with Gasteiger partial charge >= 0.3 is 0 Å². The summed E-state index contributed by atoms with van der Waals surface area (Å²) in [4.78, 5) is 4.62. The lowest BCUT2D eigenvalue weighted by molar-refractivity contribution is 0.143. The summed E-state index contributed by atoms with van der Waals surface area (Å²) in [6.45, 7) is 11.2. The summed E-state index contributed by atoms with van der Waals surface area (Å²) in [6.07, 6.45) is 2.00. The van der Waals surface area contributed by atoms with Crippen molar-refractivity contribution in [3.8, 4) is 0 Å². The van der Waals surface area contributed by atoms with Gasteiger partial charge < -0.3 is 15.4 Å². The Morgan fingerprint density at radius 2 is 1.82 bits per heavy atom. The Morgan fingerprint density at radius 3 is 2.46 bits per heavy atom. The van der Waals surface area contributed by atoms with Crippen molar-refractivity contribution in [2.24, 2.45) is 4.99 Å². The minimum atomic E-state index is -3.37. The Bertz CT molecular complexity index is 690. The number of aliphatic imine (C=N–C) groups is 1. The van der Waals surface area contributed by atoms with Crippen LogP contribution < -0.4 is 15.4 Å². The molecule has 0 aliphatic rings. The molecule has 0 saturated carbocycles. The zero-order chi connectivity index (χ0) is 20.8. The van der Waals surface area contributed by atoms with Crippen LogP contribution in [-0.2, 0) is 27.1 Å². The Hall–Kier alpha value is -1.64. The Labute approximate surface area is 170 Å². The lowest BCUT2D eigenvalue weighted by Crippen LogP contribution is -2.37. The van der Waals surface area contributed by atoms with Crippen molar-refractivity contribution in [3.63, 3.8) is 0 Å². The molecule has 0 heterocycles. The third-order valence-electron chi connectivity index (χ3n) is 3.84. The molecule has 0 aliphatic carbocycles. The summed E-state index contributed by atoms with van der Waals surface area (Å²) in [7, 11) is -3.37. The minimum absolute atomic E-state index is 0.0434. The van der Waals surface area contributed by atoms with E-state index in [0.717, 1.165) is 56.2 Å². The maximum Gasteiger partial charge on any atom is 0.216 e. The van der Waals surface area contributed by atoms with Crippen molar-refractivity contribution in [1.29, 1.82) is 0 Å². The normalized spacial score (nSPS) is 12.4. The second-order valence-corrected chi connectivity index (χ2v) is 8.58. The molecule has 0 unspecified atom stereocenters. The first kappa shape index (κ1) is 24.4. The van der Waals surface area contributed by atoms with Gasteiger partial charge in [-0.3, -0.25) is 0 Å². The van der Waals surface area contributed by atoms with Crippen molar-refractivity contribution in [2.45, 2.75) is 58.9 Å². The van der Waals surface area contributed by atoms with Gasteiger partial charge in [-0.1, -0.05) is 24.3 Å². The first-order valence-corrected chi connectivity index (χ1v) is 11.7. The molecule has 8 heteroatoms. The van der Waals surface area contributed by atoms with Crippen LogP contribution in [0, 0.1) is 0 Å². The molecular formula is C20H36N4O3S. The van der Waals surface area contributed by atoms with Crippen LogP contribution in [0.15, 0.2) is 29.3 Å². The van der Waals surface area contributed by atoms with Crippen LogP contribution in [-0.4, -0.2) is 46.7 Å². The highest BCUT2D eigenvalue weighted by Gasteiger charge is 2.15. The standard InChI is InChI=1S/C20H36N4O3S/c1-5-21-20(22-13-9-10-14-27-6-2)23-15-18-11-7-8-12-19(18)16-28(25,26)24-17(3)4/h7-8,11-12,17,24H,5-6,9-10,13-16H2,1-4H3,(H2,21,22,23). The molecule has 3 N–H and O–H groups in total. The molecule has 0 aliphatic heterocycles. The molecule has 28 heavy (non-hydrogen) atoms. The van der Waals surface area contributed by atoms with E-state index < -0.39 is 10.0 Å². The summed E-state index contributed by atoms with van der Waals surface area (Å²) < 4.78 is 32.5. The van der Waals surface area contributed by atoms with Gasteiger partial charge in [-0.2, -0.15) is 0 Å². The first-order valence-electron chi connectivity index (χ1n) is 10.0. The average Bonchev–Trinajstić information content (AvgIpc) is 2.62. The van der Waals surface area contributed by atoms with E-state index in [4.69, 9.17) is 4.74 Å². The molecule has 160 valence electrons. The Kier molecular flexibility index (Phi) is 11.8. The van der Waals surface area contributed by atoms with E-state index in [2.05, 4.69) is 20.3 Å². The number of sulfonamides is 1. The van der Waals surface area contributed by atoms with E-state index in [9.17, 15) is 8.42 Å². The first-order chi connectivity index (χ1) is 13.4. The Morgan fingerprint density at radius 1 is 1.11 bits per heavy atom. The van der Waals surface area contributed by atoms with Gasteiger partial charge in [-0.25, -0.2) is 18.1 Å². The molecule has 0 atom stereocenters. The van der Waals surface area contributed by atoms with Crippen LogP contribution in [0.25, 0.3) is 0 Å². The van der Waals surface area contributed by atoms with Crippen LogP contribution in [0.2, 0.25) is 0 Å². The predicted molar refractivity (Wildman–Crippen MR) is 116 cm³/mol. The maximum absolute atomic E-state index is 12.3. The molecule has 1 aromatic carbocycles. The molecule has 0 spiro atoms. The summed E-state index contributed by atoms with van der Waals surface area (Å²) in [5.74, 6) is 0.690. The van der Waals surface area contributed by atoms with Gasteiger partial charge in [0.05, 0.1) is 12.3 Å². The van der Waals surface area contributed by atoms with Crippen molar-refractivity contribution < 1.29 is 13.2 Å². The summed E-state index contributed by atoms with van der Waals surface area (Å²) in [5.41, 5.74) is 1.68. The third kappa shape index (κ3) is 10.6. The van der Waals surface area contributed by atoms with Crippen molar-refractivity contribution in [1.82, 2.24) is 15.4 Å². The fraction of sp³-hybridized carbons (Fsp3) is 0.650. The van der Waals surface area contributed by atoms with Gasteiger partial charge in [0, 0.05) is 32.3 Å². The number of hydrogen-bond acceptors (Lipinski definition) is 4. The largest absolute Gasteiger partial charge is 0.382 e. The molecule has 0 radical (unpaired) electrons. The number of unbranched alkanes of at least 4 members (excludes halogenated alkanes) is 1. The molecule has 0 aromatic heterocycles.